The Morgan fingerprint density at radius 3 is 2.46 bits per heavy atom. The molecule has 128 valence electrons. The number of carbonyl (C=O) groups is 1. The number of carbonyl (C=O) groups excluding carboxylic acids is 1. The first kappa shape index (κ1) is 17.6. The van der Waals surface area contributed by atoms with Gasteiger partial charge in [0.05, 0.1) is 14.2 Å². The topological polar surface area (TPSA) is 59.6 Å². The lowest BCUT2D eigenvalue weighted by Crippen LogP contribution is -2.36. The molecule has 0 bridgehead atoms. The van der Waals surface area contributed by atoms with Crippen molar-refractivity contribution in [3.8, 4) is 11.5 Å². The van der Waals surface area contributed by atoms with Gasteiger partial charge in [-0.15, -0.1) is 0 Å². The van der Waals surface area contributed by atoms with Crippen LogP contribution >= 0.6 is 0 Å². The van der Waals surface area contributed by atoms with Crippen molar-refractivity contribution in [3.05, 3.63) is 59.4 Å². The van der Waals surface area contributed by atoms with Crippen molar-refractivity contribution in [1.29, 1.82) is 0 Å². The van der Waals surface area contributed by atoms with Crippen LogP contribution in [0.1, 0.15) is 11.1 Å². The Bertz CT molecular complexity index is 674. The standard InChI is InChI=1S/C18H21FN2O3/c1-23-16-7-8-17(24-2)14(11-16)12-21-18(22)20-10-9-13-3-5-15(19)6-4-13/h3-8,11H,9-10,12H2,1-2H3,(H2,20,21,22). The summed E-state index contributed by atoms with van der Waals surface area (Å²) in [5.74, 6) is 1.11. The molecule has 0 saturated carbocycles. The van der Waals surface area contributed by atoms with Crippen molar-refractivity contribution in [1.82, 2.24) is 10.6 Å². The third-order valence-corrected chi connectivity index (χ3v) is 3.54. The Labute approximate surface area is 140 Å². The van der Waals surface area contributed by atoms with Gasteiger partial charge in [-0.05, 0) is 42.3 Å². The first-order valence-electron chi connectivity index (χ1n) is 7.59. The highest BCUT2D eigenvalue weighted by molar-refractivity contribution is 5.73. The summed E-state index contributed by atoms with van der Waals surface area (Å²) in [6.07, 6.45) is 0.635. The minimum atomic E-state index is -0.276. The largest absolute Gasteiger partial charge is 0.497 e. The van der Waals surface area contributed by atoms with Crippen LogP contribution in [-0.2, 0) is 13.0 Å². The summed E-state index contributed by atoms with van der Waals surface area (Å²) >= 11 is 0. The predicted molar refractivity (Wildman–Crippen MR) is 89.9 cm³/mol. The molecule has 2 aromatic rings. The van der Waals surface area contributed by atoms with E-state index in [-0.39, 0.29) is 11.8 Å². The Hall–Kier alpha value is -2.76. The van der Waals surface area contributed by atoms with Crippen molar-refractivity contribution in [2.45, 2.75) is 13.0 Å². The molecule has 0 radical (unpaired) electrons. The zero-order chi connectivity index (χ0) is 17.4. The molecule has 0 aliphatic heterocycles. The number of methoxy groups -OCH3 is 2. The molecular weight excluding hydrogens is 311 g/mol. The summed E-state index contributed by atoms with van der Waals surface area (Å²) < 4.78 is 23.3. The van der Waals surface area contributed by atoms with Gasteiger partial charge in [-0.2, -0.15) is 0 Å². The summed E-state index contributed by atoms with van der Waals surface area (Å²) in [5.41, 5.74) is 1.79. The number of benzene rings is 2. The summed E-state index contributed by atoms with van der Waals surface area (Å²) in [4.78, 5) is 11.9. The zero-order valence-electron chi connectivity index (χ0n) is 13.8. The van der Waals surface area contributed by atoms with Gasteiger partial charge < -0.3 is 20.1 Å². The molecule has 0 spiro atoms. The van der Waals surface area contributed by atoms with Crippen LogP contribution in [0.3, 0.4) is 0 Å². The van der Waals surface area contributed by atoms with Crippen LogP contribution in [0.4, 0.5) is 9.18 Å². The molecule has 2 amide bonds. The first-order chi connectivity index (χ1) is 11.6. The molecule has 0 unspecified atom stereocenters. The average Bonchev–Trinajstić information content (AvgIpc) is 2.61. The molecule has 24 heavy (non-hydrogen) atoms. The van der Waals surface area contributed by atoms with Crippen molar-refractivity contribution in [2.75, 3.05) is 20.8 Å². The maximum atomic E-state index is 12.8. The molecule has 6 heteroatoms. The molecule has 0 atom stereocenters. The van der Waals surface area contributed by atoms with Gasteiger partial charge in [0, 0.05) is 18.7 Å². The minimum absolute atomic E-state index is 0.267. The fourth-order valence-corrected chi connectivity index (χ4v) is 2.23. The lowest BCUT2D eigenvalue weighted by atomic mass is 10.1. The van der Waals surface area contributed by atoms with Gasteiger partial charge in [-0.25, -0.2) is 9.18 Å². The molecule has 0 aromatic heterocycles. The van der Waals surface area contributed by atoms with Crippen LogP contribution < -0.4 is 20.1 Å². The van der Waals surface area contributed by atoms with E-state index < -0.39 is 0 Å². The average molecular weight is 332 g/mol. The number of amides is 2. The molecule has 0 aliphatic rings. The third-order valence-electron chi connectivity index (χ3n) is 3.54. The second-order valence-corrected chi connectivity index (χ2v) is 5.16. The van der Waals surface area contributed by atoms with Crippen LogP contribution in [0.25, 0.3) is 0 Å². The van der Waals surface area contributed by atoms with Gasteiger partial charge in [-0.3, -0.25) is 0 Å². The fraction of sp³-hybridized carbons (Fsp3) is 0.278. The minimum Gasteiger partial charge on any atom is -0.497 e. The number of hydrogen-bond donors (Lipinski definition) is 2. The maximum Gasteiger partial charge on any atom is 0.315 e. The van der Waals surface area contributed by atoms with E-state index in [4.69, 9.17) is 9.47 Å². The SMILES string of the molecule is COc1ccc(OC)c(CNC(=O)NCCc2ccc(F)cc2)c1. The van der Waals surface area contributed by atoms with Crippen LogP contribution in [0.5, 0.6) is 11.5 Å². The van der Waals surface area contributed by atoms with Gasteiger partial charge in [0.25, 0.3) is 0 Å². The van der Waals surface area contributed by atoms with Crippen molar-refractivity contribution >= 4 is 6.03 Å². The predicted octanol–water partition coefficient (Wildman–Crippen LogP) is 2.88. The number of ether oxygens (including phenoxy) is 2. The van der Waals surface area contributed by atoms with E-state index in [1.54, 1.807) is 38.5 Å². The number of urea groups is 1. The van der Waals surface area contributed by atoms with E-state index in [9.17, 15) is 9.18 Å². The number of hydrogen-bond acceptors (Lipinski definition) is 3. The molecular formula is C18H21FN2O3. The highest BCUT2D eigenvalue weighted by atomic mass is 19.1. The second kappa shape index (κ2) is 8.76. The van der Waals surface area contributed by atoms with Crippen LogP contribution in [-0.4, -0.2) is 26.8 Å². The molecule has 2 rings (SSSR count). The highest BCUT2D eigenvalue weighted by Crippen LogP contribution is 2.23. The summed E-state index contributed by atoms with van der Waals surface area (Å²) in [5, 5.41) is 5.54. The normalized spacial score (nSPS) is 10.1. The maximum absolute atomic E-state index is 12.8. The Kier molecular flexibility index (Phi) is 6.42. The fourth-order valence-electron chi connectivity index (χ4n) is 2.23. The molecule has 2 N–H and O–H groups in total. The number of halogens is 1. The monoisotopic (exact) mass is 332 g/mol. The van der Waals surface area contributed by atoms with Gasteiger partial charge >= 0.3 is 6.03 Å². The van der Waals surface area contributed by atoms with E-state index in [0.29, 0.717) is 31.0 Å². The number of nitrogens with one attached hydrogen (secondary N) is 2. The first-order valence-corrected chi connectivity index (χ1v) is 7.59. The highest BCUT2D eigenvalue weighted by Gasteiger charge is 2.07. The number of rotatable bonds is 7. The van der Waals surface area contributed by atoms with Gasteiger partial charge in [0.2, 0.25) is 0 Å². The van der Waals surface area contributed by atoms with Crippen molar-refractivity contribution < 1.29 is 18.7 Å². The van der Waals surface area contributed by atoms with Gasteiger partial charge in [-0.1, -0.05) is 12.1 Å². The summed E-state index contributed by atoms with van der Waals surface area (Å²) in [6, 6.07) is 11.4. The lowest BCUT2D eigenvalue weighted by molar-refractivity contribution is 0.240. The summed E-state index contributed by atoms with van der Waals surface area (Å²) in [7, 11) is 3.16. The Morgan fingerprint density at radius 1 is 1.04 bits per heavy atom. The zero-order valence-corrected chi connectivity index (χ0v) is 13.8. The molecule has 0 saturated heterocycles. The van der Waals surface area contributed by atoms with Gasteiger partial charge in [0.15, 0.2) is 0 Å². The molecule has 2 aromatic carbocycles. The Morgan fingerprint density at radius 2 is 1.79 bits per heavy atom. The molecule has 0 fully saturated rings. The van der Waals surface area contributed by atoms with E-state index in [1.165, 1.54) is 12.1 Å². The van der Waals surface area contributed by atoms with E-state index in [1.807, 2.05) is 6.07 Å². The molecule has 5 nitrogen and oxygen atoms in total. The van der Waals surface area contributed by atoms with Crippen LogP contribution in [0.15, 0.2) is 42.5 Å². The van der Waals surface area contributed by atoms with E-state index in [2.05, 4.69) is 10.6 Å². The van der Waals surface area contributed by atoms with Crippen molar-refractivity contribution in [3.63, 3.8) is 0 Å². The van der Waals surface area contributed by atoms with Crippen LogP contribution in [0, 0.1) is 5.82 Å². The van der Waals surface area contributed by atoms with E-state index in [0.717, 1.165) is 11.1 Å². The smallest absolute Gasteiger partial charge is 0.315 e. The van der Waals surface area contributed by atoms with Crippen molar-refractivity contribution in [2.24, 2.45) is 0 Å². The third kappa shape index (κ3) is 5.15. The quantitative estimate of drug-likeness (QED) is 0.820. The van der Waals surface area contributed by atoms with Crippen LogP contribution in [0.2, 0.25) is 0 Å². The van der Waals surface area contributed by atoms with E-state index >= 15 is 0 Å². The lowest BCUT2D eigenvalue weighted by Gasteiger charge is -2.12. The molecule has 0 aliphatic carbocycles. The Balaban J connectivity index is 1.79. The second-order valence-electron chi connectivity index (χ2n) is 5.16. The summed E-state index contributed by atoms with van der Waals surface area (Å²) in [6.45, 7) is 0.787. The molecule has 0 heterocycles. The van der Waals surface area contributed by atoms with Gasteiger partial charge in [0.1, 0.15) is 17.3 Å².